The Bertz CT molecular complexity index is 1100. The Morgan fingerprint density at radius 3 is 1.59 bits per heavy atom. The first-order valence-electron chi connectivity index (χ1n) is 9.89. The molecule has 0 bridgehead atoms. The largest absolute Gasteiger partial charge is 0.264 e. The zero-order valence-electron chi connectivity index (χ0n) is 16.6. The molecule has 4 nitrogen and oxygen atoms in total. The Morgan fingerprint density at radius 1 is 0.655 bits per heavy atom. The number of aryl methyl sites for hydroxylation is 2. The van der Waals surface area contributed by atoms with E-state index in [1.165, 1.54) is 33.4 Å². The van der Waals surface area contributed by atoms with E-state index in [-0.39, 0.29) is 5.41 Å². The molecule has 0 amide bonds. The number of nitrogens with zero attached hydrogens (tertiary/aromatic N) is 4. The Labute approximate surface area is 170 Å². The quantitative estimate of drug-likeness (QED) is 0.519. The molecule has 0 aromatic carbocycles. The van der Waals surface area contributed by atoms with Crippen molar-refractivity contribution in [3.05, 3.63) is 107 Å². The summed E-state index contributed by atoms with van der Waals surface area (Å²) in [6.07, 6.45) is 13.1. The molecule has 4 heterocycles. The first-order chi connectivity index (χ1) is 14.2. The van der Waals surface area contributed by atoms with E-state index in [4.69, 9.17) is 9.97 Å². The molecular formula is C25H22N4. The lowest BCUT2D eigenvalue weighted by molar-refractivity contribution is 0.515. The molecule has 0 N–H and O–H groups in total. The highest BCUT2D eigenvalue weighted by Crippen LogP contribution is 2.50. The minimum Gasteiger partial charge on any atom is -0.264 e. The molecule has 4 aromatic rings. The summed E-state index contributed by atoms with van der Waals surface area (Å²) in [6.45, 7) is 4.27. The van der Waals surface area contributed by atoms with Crippen LogP contribution in [0.15, 0.2) is 73.6 Å². The third-order valence-corrected chi connectivity index (χ3v) is 6.13. The van der Waals surface area contributed by atoms with Gasteiger partial charge in [-0.1, -0.05) is 12.1 Å². The summed E-state index contributed by atoms with van der Waals surface area (Å²) in [6, 6.07) is 12.8. The molecule has 1 aliphatic rings. The lowest BCUT2D eigenvalue weighted by atomic mass is 9.69. The van der Waals surface area contributed by atoms with Gasteiger partial charge in [0, 0.05) is 42.6 Å². The van der Waals surface area contributed by atoms with Crippen molar-refractivity contribution in [2.24, 2.45) is 0 Å². The molecular weight excluding hydrogens is 356 g/mol. The fourth-order valence-electron chi connectivity index (χ4n) is 4.60. The molecule has 0 fully saturated rings. The fraction of sp³-hybridized carbons (Fsp3) is 0.200. The summed E-state index contributed by atoms with van der Waals surface area (Å²) in [4.78, 5) is 18.1. The van der Waals surface area contributed by atoms with Crippen LogP contribution in [0.2, 0.25) is 0 Å². The second kappa shape index (κ2) is 6.89. The van der Waals surface area contributed by atoms with E-state index < -0.39 is 0 Å². The average molecular weight is 378 g/mol. The third kappa shape index (κ3) is 2.83. The monoisotopic (exact) mass is 378 g/mol. The molecule has 0 radical (unpaired) electrons. The summed E-state index contributed by atoms with van der Waals surface area (Å²) in [5.41, 5.74) is 9.30. The highest BCUT2D eigenvalue weighted by atomic mass is 14.8. The molecule has 0 saturated carbocycles. The molecule has 29 heavy (non-hydrogen) atoms. The van der Waals surface area contributed by atoms with E-state index in [1.54, 1.807) is 0 Å². The zero-order valence-corrected chi connectivity index (χ0v) is 16.6. The number of fused-ring (bicyclic) bond motifs is 3. The Morgan fingerprint density at radius 2 is 1.14 bits per heavy atom. The average Bonchev–Trinajstić information content (AvgIpc) is 3.02. The van der Waals surface area contributed by atoms with Gasteiger partial charge in [-0.25, -0.2) is 0 Å². The number of rotatable bonds is 4. The van der Waals surface area contributed by atoms with Gasteiger partial charge < -0.3 is 0 Å². The van der Waals surface area contributed by atoms with Crippen LogP contribution in [0.1, 0.15) is 33.4 Å². The van der Waals surface area contributed by atoms with Crippen molar-refractivity contribution in [3.8, 4) is 11.4 Å². The van der Waals surface area contributed by atoms with E-state index in [2.05, 4.69) is 48.1 Å². The van der Waals surface area contributed by atoms with Crippen LogP contribution in [0.5, 0.6) is 0 Å². The van der Waals surface area contributed by atoms with Gasteiger partial charge in [-0.15, -0.1) is 0 Å². The third-order valence-electron chi connectivity index (χ3n) is 6.13. The van der Waals surface area contributed by atoms with E-state index in [0.29, 0.717) is 0 Å². The van der Waals surface area contributed by atoms with Gasteiger partial charge in [0.25, 0.3) is 0 Å². The smallest absolute Gasteiger partial charge is 0.0930 e. The van der Waals surface area contributed by atoms with Crippen molar-refractivity contribution in [2.45, 2.75) is 32.1 Å². The molecule has 0 saturated heterocycles. The van der Waals surface area contributed by atoms with Crippen LogP contribution >= 0.6 is 0 Å². The van der Waals surface area contributed by atoms with E-state index >= 15 is 0 Å². The first kappa shape index (κ1) is 17.7. The zero-order chi connectivity index (χ0) is 19.8. The van der Waals surface area contributed by atoms with Gasteiger partial charge in [0.15, 0.2) is 0 Å². The SMILES string of the molecule is Cc1cnccc1CC1(Cc2ccncc2C)c2cccnc2-c2ncccc21. The lowest BCUT2D eigenvalue weighted by Gasteiger charge is -2.33. The molecule has 0 spiro atoms. The standard InChI is InChI=1S/C25H22N4/c1-17-15-26-11-7-19(17)13-25(14-20-8-12-27-16-18(20)2)21-5-3-9-28-23(21)24-22(25)6-4-10-29-24/h3-12,15-16H,13-14H2,1-2H3. The Balaban J connectivity index is 1.77. The van der Waals surface area contributed by atoms with Crippen LogP contribution in [-0.4, -0.2) is 19.9 Å². The van der Waals surface area contributed by atoms with Gasteiger partial charge in [-0.2, -0.15) is 0 Å². The van der Waals surface area contributed by atoms with Gasteiger partial charge >= 0.3 is 0 Å². The number of pyridine rings is 4. The number of hydrogen-bond donors (Lipinski definition) is 0. The van der Waals surface area contributed by atoms with Crippen molar-refractivity contribution in [1.29, 1.82) is 0 Å². The summed E-state index contributed by atoms with van der Waals surface area (Å²) < 4.78 is 0. The normalized spacial score (nSPS) is 13.7. The van der Waals surface area contributed by atoms with Crippen molar-refractivity contribution < 1.29 is 0 Å². The van der Waals surface area contributed by atoms with Crippen LogP contribution in [0.25, 0.3) is 11.4 Å². The minimum absolute atomic E-state index is 0.231. The Hall–Kier alpha value is -3.40. The molecule has 5 rings (SSSR count). The lowest BCUT2D eigenvalue weighted by Crippen LogP contribution is -2.32. The van der Waals surface area contributed by atoms with Crippen LogP contribution in [-0.2, 0) is 18.3 Å². The first-order valence-corrected chi connectivity index (χ1v) is 9.89. The highest BCUT2D eigenvalue weighted by Gasteiger charge is 2.45. The second-order valence-electron chi connectivity index (χ2n) is 7.84. The maximum atomic E-state index is 4.74. The van der Waals surface area contributed by atoms with Crippen LogP contribution < -0.4 is 0 Å². The van der Waals surface area contributed by atoms with E-state index in [9.17, 15) is 0 Å². The molecule has 0 atom stereocenters. The minimum atomic E-state index is -0.231. The molecule has 0 aliphatic heterocycles. The van der Waals surface area contributed by atoms with Gasteiger partial charge in [0.05, 0.1) is 11.4 Å². The van der Waals surface area contributed by atoms with Gasteiger partial charge in [0.2, 0.25) is 0 Å². The van der Waals surface area contributed by atoms with Gasteiger partial charge in [-0.05, 0) is 84.3 Å². The maximum absolute atomic E-state index is 4.74. The van der Waals surface area contributed by atoms with Crippen molar-refractivity contribution in [1.82, 2.24) is 19.9 Å². The highest BCUT2D eigenvalue weighted by molar-refractivity contribution is 5.75. The summed E-state index contributed by atoms with van der Waals surface area (Å²) >= 11 is 0. The van der Waals surface area contributed by atoms with Crippen LogP contribution in [0, 0.1) is 13.8 Å². The summed E-state index contributed by atoms with van der Waals surface area (Å²) in [5, 5.41) is 0. The molecule has 142 valence electrons. The summed E-state index contributed by atoms with van der Waals surface area (Å²) in [7, 11) is 0. The Kier molecular flexibility index (Phi) is 4.20. The number of aromatic nitrogens is 4. The van der Waals surface area contributed by atoms with Crippen LogP contribution in [0.3, 0.4) is 0 Å². The molecule has 4 aromatic heterocycles. The van der Waals surface area contributed by atoms with Gasteiger partial charge in [0.1, 0.15) is 0 Å². The summed E-state index contributed by atoms with van der Waals surface area (Å²) in [5.74, 6) is 0. The van der Waals surface area contributed by atoms with E-state index in [1.807, 2.05) is 49.3 Å². The molecule has 4 heteroatoms. The topological polar surface area (TPSA) is 51.6 Å². The van der Waals surface area contributed by atoms with Crippen molar-refractivity contribution in [2.75, 3.05) is 0 Å². The predicted octanol–water partition coefficient (Wildman–Crippen LogP) is 4.64. The van der Waals surface area contributed by atoms with Crippen molar-refractivity contribution in [3.63, 3.8) is 0 Å². The van der Waals surface area contributed by atoms with Crippen LogP contribution in [0.4, 0.5) is 0 Å². The van der Waals surface area contributed by atoms with Gasteiger partial charge in [-0.3, -0.25) is 19.9 Å². The fourth-order valence-corrected chi connectivity index (χ4v) is 4.60. The number of hydrogen-bond acceptors (Lipinski definition) is 4. The second-order valence-corrected chi connectivity index (χ2v) is 7.84. The van der Waals surface area contributed by atoms with Crippen molar-refractivity contribution >= 4 is 0 Å². The molecule has 1 aliphatic carbocycles. The predicted molar refractivity (Wildman–Crippen MR) is 114 cm³/mol. The van der Waals surface area contributed by atoms with E-state index in [0.717, 1.165) is 24.2 Å². The maximum Gasteiger partial charge on any atom is 0.0930 e. The molecule has 0 unspecified atom stereocenters.